The number of anilines is 1. The van der Waals surface area contributed by atoms with E-state index in [4.69, 9.17) is 34.8 Å². The first kappa shape index (κ1) is 24.9. The molecule has 178 valence electrons. The Bertz CT molecular complexity index is 1560. The van der Waals surface area contributed by atoms with Crippen LogP contribution >= 0.6 is 57.5 Å². The third kappa shape index (κ3) is 5.89. The van der Waals surface area contributed by atoms with Gasteiger partial charge in [0, 0.05) is 18.7 Å². The summed E-state index contributed by atoms with van der Waals surface area (Å²) in [4.78, 5) is 36.9. The van der Waals surface area contributed by atoms with E-state index < -0.39 is 9.85 Å². The first-order valence-corrected chi connectivity index (χ1v) is 12.1. The van der Waals surface area contributed by atoms with Crippen LogP contribution in [0.2, 0.25) is 15.7 Å². The Kier molecular flexibility index (Phi) is 7.52. The maximum Gasteiger partial charge on any atom is 0.326 e. The molecule has 4 heterocycles. The molecule has 4 aromatic heterocycles. The Morgan fingerprint density at radius 1 is 0.800 bits per heavy atom. The topological polar surface area (TPSA) is 150 Å². The molecule has 0 saturated heterocycles. The van der Waals surface area contributed by atoms with Crippen molar-refractivity contribution in [3.8, 4) is 0 Å². The van der Waals surface area contributed by atoms with Crippen molar-refractivity contribution in [1.82, 2.24) is 19.9 Å². The first-order valence-electron chi connectivity index (χ1n) is 9.37. The molecular weight excluding hydrogens is 561 g/mol. The van der Waals surface area contributed by atoms with Crippen molar-refractivity contribution in [3.63, 3.8) is 0 Å². The number of thiophene rings is 2. The van der Waals surface area contributed by atoms with E-state index in [0.29, 0.717) is 32.8 Å². The summed E-state index contributed by atoms with van der Waals surface area (Å²) in [6.45, 7) is 0.549. The van der Waals surface area contributed by atoms with Crippen LogP contribution in [0.1, 0.15) is 5.56 Å². The van der Waals surface area contributed by atoms with Gasteiger partial charge in [-0.2, -0.15) is 0 Å². The lowest BCUT2D eigenvalue weighted by atomic mass is 10.2. The Labute approximate surface area is 218 Å². The van der Waals surface area contributed by atoms with E-state index in [2.05, 4.69) is 25.3 Å². The molecular formula is C19H10Cl3N7O4S2. The van der Waals surface area contributed by atoms with Gasteiger partial charge in [0.25, 0.3) is 0 Å². The Balaban J connectivity index is 0.000000179. The molecule has 0 aliphatic rings. The fourth-order valence-corrected chi connectivity index (χ4v) is 5.28. The number of aromatic nitrogens is 4. The van der Waals surface area contributed by atoms with Crippen molar-refractivity contribution in [2.24, 2.45) is 0 Å². The number of halogens is 3. The Hall–Kier alpha value is -3.23. The molecule has 0 atom stereocenters. The predicted octanol–water partition coefficient (Wildman–Crippen LogP) is 6.77. The zero-order chi connectivity index (χ0) is 25.1. The second-order valence-corrected chi connectivity index (χ2v) is 9.64. The van der Waals surface area contributed by atoms with Crippen molar-refractivity contribution in [3.05, 3.63) is 84.0 Å². The first-order chi connectivity index (χ1) is 16.7. The summed E-state index contributed by atoms with van der Waals surface area (Å²) in [5.74, 6) is 0.498. The molecule has 5 rings (SSSR count). The third-order valence-electron chi connectivity index (χ3n) is 4.32. The summed E-state index contributed by atoms with van der Waals surface area (Å²) in [6.07, 6.45) is 0. The van der Waals surface area contributed by atoms with E-state index in [1.165, 1.54) is 12.1 Å². The van der Waals surface area contributed by atoms with E-state index in [1.54, 1.807) is 0 Å². The normalized spacial score (nSPS) is 10.7. The zero-order valence-corrected chi connectivity index (χ0v) is 20.9. The van der Waals surface area contributed by atoms with Gasteiger partial charge in [0.2, 0.25) is 10.6 Å². The number of nitrogens with one attached hydrogen (secondary N) is 1. The van der Waals surface area contributed by atoms with Gasteiger partial charge in [0.05, 0.1) is 20.6 Å². The Morgan fingerprint density at radius 3 is 1.94 bits per heavy atom. The predicted molar refractivity (Wildman–Crippen MR) is 137 cm³/mol. The summed E-state index contributed by atoms with van der Waals surface area (Å²) in [7, 11) is 0. The summed E-state index contributed by atoms with van der Waals surface area (Å²) < 4.78 is 0. The van der Waals surface area contributed by atoms with Crippen LogP contribution in [0.25, 0.3) is 20.4 Å². The molecule has 16 heteroatoms. The molecule has 0 unspecified atom stereocenters. The molecule has 0 radical (unpaired) electrons. The number of fused-ring (bicyclic) bond motifs is 2. The highest BCUT2D eigenvalue weighted by atomic mass is 35.5. The molecule has 1 aromatic carbocycles. The van der Waals surface area contributed by atoms with Crippen LogP contribution in [0.3, 0.4) is 0 Å². The number of rotatable bonds is 5. The van der Waals surface area contributed by atoms with Crippen molar-refractivity contribution >= 4 is 93.7 Å². The molecule has 0 spiro atoms. The fraction of sp³-hybridized carbons (Fsp3) is 0.0526. The highest BCUT2D eigenvalue weighted by Gasteiger charge is 2.17. The molecule has 5 aromatic rings. The quantitative estimate of drug-likeness (QED) is 0.104. The van der Waals surface area contributed by atoms with Crippen molar-refractivity contribution in [2.45, 2.75) is 6.54 Å². The molecule has 0 aliphatic heterocycles. The van der Waals surface area contributed by atoms with Gasteiger partial charge < -0.3 is 5.32 Å². The maximum absolute atomic E-state index is 10.9. The minimum atomic E-state index is -0.503. The highest BCUT2D eigenvalue weighted by Crippen LogP contribution is 2.35. The Morgan fingerprint density at radius 2 is 1.34 bits per heavy atom. The average molecular weight is 571 g/mol. The molecule has 0 saturated carbocycles. The van der Waals surface area contributed by atoms with E-state index in [0.717, 1.165) is 28.2 Å². The lowest BCUT2D eigenvalue weighted by molar-refractivity contribution is -0.380. The molecule has 0 aliphatic carbocycles. The number of benzene rings is 1. The van der Waals surface area contributed by atoms with Crippen LogP contribution in [0.15, 0.2) is 42.5 Å². The number of nitro groups is 2. The molecule has 35 heavy (non-hydrogen) atoms. The van der Waals surface area contributed by atoms with E-state index >= 15 is 0 Å². The van der Waals surface area contributed by atoms with E-state index in [1.807, 2.05) is 30.3 Å². The van der Waals surface area contributed by atoms with Crippen molar-refractivity contribution < 1.29 is 9.85 Å². The monoisotopic (exact) mass is 569 g/mol. The molecule has 11 nitrogen and oxygen atoms in total. The summed E-state index contributed by atoms with van der Waals surface area (Å²) >= 11 is 19.0. The van der Waals surface area contributed by atoms with Crippen LogP contribution in [-0.4, -0.2) is 29.8 Å². The number of nitrogens with zero attached hydrogens (tertiary/aromatic N) is 6. The van der Waals surface area contributed by atoms with Gasteiger partial charge >= 0.3 is 10.0 Å². The molecule has 1 N–H and O–H groups in total. The van der Waals surface area contributed by atoms with Gasteiger partial charge in [-0.1, -0.05) is 41.9 Å². The number of hydrogen-bond acceptors (Lipinski definition) is 11. The van der Waals surface area contributed by atoms with Crippen LogP contribution < -0.4 is 5.32 Å². The number of hydrogen-bond donors (Lipinski definition) is 1. The second-order valence-electron chi connectivity index (χ2n) is 6.58. The molecule has 0 amide bonds. The van der Waals surface area contributed by atoms with Crippen molar-refractivity contribution in [2.75, 3.05) is 5.32 Å². The maximum atomic E-state index is 10.9. The summed E-state index contributed by atoms with van der Waals surface area (Å²) in [5, 5.41) is 25.7. The van der Waals surface area contributed by atoms with Crippen LogP contribution in [0.4, 0.5) is 15.8 Å². The van der Waals surface area contributed by atoms with Gasteiger partial charge in [0.15, 0.2) is 0 Å². The minimum absolute atomic E-state index is 0.0146. The van der Waals surface area contributed by atoms with Gasteiger partial charge in [-0.3, -0.25) is 20.2 Å². The van der Waals surface area contributed by atoms with Crippen LogP contribution in [0, 0.1) is 20.2 Å². The van der Waals surface area contributed by atoms with Gasteiger partial charge in [-0.15, -0.1) is 0 Å². The second kappa shape index (κ2) is 10.6. The lowest BCUT2D eigenvalue weighted by Crippen LogP contribution is -2.02. The third-order valence-corrected chi connectivity index (χ3v) is 6.91. The largest absolute Gasteiger partial charge is 0.365 e. The van der Waals surface area contributed by atoms with Gasteiger partial charge in [0.1, 0.15) is 20.6 Å². The average Bonchev–Trinajstić information content (AvgIpc) is 3.43. The molecule has 0 fully saturated rings. The standard InChI is InChI=1S/C13H9ClN4O2S.C6HCl2N3O2S/c14-13-16-11(15-7-8-4-2-1-3-5-8)9-6-10(18(19)20)21-12(9)17-13;7-4-2-1-3(11(12)13)14-5(2)10-6(8)9-4/h1-6H,7H2,(H,15,16,17);1H. The summed E-state index contributed by atoms with van der Waals surface area (Å²) in [5.41, 5.74) is 1.07. The lowest BCUT2D eigenvalue weighted by Gasteiger charge is -2.06. The van der Waals surface area contributed by atoms with Crippen LogP contribution in [-0.2, 0) is 6.54 Å². The smallest absolute Gasteiger partial charge is 0.326 e. The van der Waals surface area contributed by atoms with Crippen LogP contribution in [0.5, 0.6) is 0 Å². The minimum Gasteiger partial charge on any atom is -0.365 e. The zero-order valence-electron chi connectivity index (χ0n) is 17.0. The SMILES string of the molecule is O=[N+]([O-])c1cc2c(Cl)nc(Cl)nc2s1.O=[N+]([O-])c1cc2c(NCc3ccccc3)nc(Cl)nc2s1. The van der Waals surface area contributed by atoms with Gasteiger partial charge in [-0.25, -0.2) is 19.9 Å². The van der Waals surface area contributed by atoms with E-state index in [-0.39, 0.29) is 25.7 Å². The van der Waals surface area contributed by atoms with E-state index in [9.17, 15) is 20.2 Å². The fourth-order valence-electron chi connectivity index (χ4n) is 2.83. The van der Waals surface area contributed by atoms with Gasteiger partial charge in [-0.05, 0) is 51.4 Å². The molecule has 0 bridgehead atoms. The van der Waals surface area contributed by atoms with Crippen molar-refractivity contribution in [1.29, 1.82) is 0 Å². The summed E-state index contributed by atoms with van der Waals surface area (Å²) in [6, 6.07) is 12.6. The highest BCUT2D eigenvalue weighted by molar-refractivity contribution is 7.22.